The third-order valence-corrected chi connectivity index (χ3v) is 7.20. The first-order valence-corrected chi connectivity index (χ1v) is 9.96. The van der Waals surface area contributed by atoms with E-state index in [0.717, 1.165) is 12.0 Å². The molecule has 8 heteroatoms. The van der Waals surface area contributed by atoms with E-state index in [4.69, 9.17) is 0 Å². The van der Waals surface area contributed by atoms with Gasteiger partial charge in [0, 0.05) is 13.1 Å². The molecule has 3 rings (SSSR count). The van der Waals surface area contributed by atoms with Gasteiger partial charge in [-0.25, -0.2) is 13.2 Å². The molecule has 2 aliphatic heterocycles. The van der Waals surface area contributed by atoms with E-state index in [1.807, 2.05) is 12.1 Å². The zero-order valence-corrected chi connectivity index (χ0v) is 15.2. The molecule has 0 aliphatic carbocycles. The summed E-state index contributed by atoms with van der Waals surface area (Å²) in [5.74, 6) is 0.0172. The second-order valence-corrected chi connectivity index (χ2v) is 8.71. The number of nitrogens with one attached hydrogen (secondary N) is 2. The molecule has 1 atom stereocenters. The molecular weight excluding hydrogens is 342 g/mol. The highest BCUT2D eigenvalue weighted by molar-refractivity contribution is 7.89. The normalized spacial score (nSPS) is 21.8. The summed E-state index contributed by atoms with van der Waals surface area (Å²) in [6.45, 7) is 4.59. The predicted molar refractivity (Wildman–Crippen MR) is 92.5 cm³/mol. The molecule has 7 nitrogen and oxygen atoms in total. The van der Waals surface area contributed by atoms with Crippen molar-refractivity contribution in [1.82, 2.24) is 14.9 Å². The molecule has 0 aromatic heterocycles. The molecule has 0 saturated carbocycles. The van der Waals surface area contributed by atoms with Crippen LogP contribution in [0.1, 0.15) is 44.6 Å². The Bertz CT molecular complexity index is 781. The smallest absolute Gasteiger partial charge is 0.322 e. The Labute approximate surface area is 147 Å². The Morgan fingerprint density at radius 1 is 1.16 bits per heavy atom. The van der Waals surface area contributed by atoms with Gasteiger partial charge in [0.2, 0.25) is 10.0 Å². The van der Waals surface area contributed by atoms with Gasteiger partial charge in [-0.1, -0.05) is 26.0 Å². The van der Waals surface area contributed by atoms with Crippen molar-refractivity contribution >= 4 is 22.0 Å². The largest absolute Gasteiger partial charge is 0.323 e. The quantitative estimate of drug-likeness (QED) is 0.792. The minimum absolute atomic E-state index is 0.198. The maximum absolute atomic E-state index is 12.8. The lowest BCUT2D eigenvalue weighted by molar-refractivity contribution is -0.125. The highest BCUT2D eigenvalue weighted by atomic mass is 32.2. The maximum Gasteiger partial charge on any atom is 0.322 e. The SMILES string of the molecule is CCC(C)c1ccc(S(=O)(=O)N2CCC3(CC2)NC(=O)NC3=O)cc1. The molecule has 2 aliphatic rings. The first kappa shape index (κ1) is 17.9. The number of benzene rings is 1. The van der Waals surface area contributed by atoms with Gasteiger partial charge < -0.3 is 5.32 Å². The van der Waals surface area contributed by atoms with Gasteiger partial charge >= 0.3 is 6.03 Å². The van der Waals surface area contributed by atoms with Crippen LogP contribution in [0.4, 0.5) is 4.79 Å². The van der Waals surface area contributed by atoms with E-state index < -0.39 is 21.6 Å². The molecule has 2 N–H and O–H groups in total. The molecule has 1 unspecified atom stereocenters. The zero-order chi connectivity index (χ0) is 18.2. The molecule has 1 aromatic carbocycles. The van der Waals surface area contributed by atoms with Crippen LogP contribution >= 0.6 is 0 Å². The van der Waals surface area contributed by atoms with Crippen LogP contribution in [0.15, 0.2) is 29.2 Å². The fraction of sp³-hybridized carbons (Fsp3) is 0.529. The molecule has 2 heterocycles. The molecule has 1 spiro atoms. The second kappa shape index (κ2) is 6.42. The Morgan fingerprint density at radius 2 is 1.76 bits per heavy atom. The summed E-state index contributed by atoms with van der Waals surface area (Å²) in [6, 6.07) is 6.49. The van der Waals surface area contributed by atoms with Crippen LogP contribution < -0.4 is 10.6 Å². The van der Waals surface area contributed by atoms with E-state index in [0.29, 0.717) is 5.92 Å². The fourth-order valence-corrected chi connectivity index (χ4v) is 4.78. The number of carbonyl (C=O) groups is 2. The summed E-state index contributed by atoms with van der Waals surface area (Å²) in [7, 11) is -3.60. The van der Waals surface area contributed by atoms with Crippen molar-refractivity contribution < 1.29 is 18.0 Å². The average Bonchev–Trinajstić information content (AvgIpc) is 2.87. The number of hydrogen-bond acceptors (Lipinski definition) is 4. The van der Waals surface area contributed by atoms with Crippen LogP contribution in [0.5, 0.6) is 0 Å². The van der Waals surface area contributed by atoms with Gasteiger partial charge in [-0.05, 0) is 42.9 Å². The van der Waals surface area contributed by atoms with Crippen molar-refractivity contribution in [1.29, 1.82) is 0 Å². The van der Waals surface area contributed by atoms with E-state index in [2.05, 4.69) is 24.5 Å². The number of urea groups is 1. The van der Waals surface area contributed by atoms with Gasteiger partial charge in [0.1, 0.15) is 5.54 Å². The van der Waals surface area contributed by atoms with Crippen LogP contribution in [0.2, 0.25) is 0 Å². The minimum atomic E-state index is -3.60. The van der Waals surface area contributed by atoms with E-state index in [1.54, 1.807) is 12.1 Å². The molecule has 2 fully saturated rings. The molecule has 3 amide bonds. The summed E-state index contributed by atoms with van der Waals surface area (Å²) in [4.78, 5) is 23.6. The lowest BCUT2D eigenvalue weighted by Gasteiger charge is -2.36. The summed E-state index contributed by atoms with van der Waals surface area (Å²) in [6.07, 6.45) is 1.54. The summed E-state index contributed by atoms with van der Waals surface area (Å²) >= 11 is 0. The van der Waals surface area contributed by atoms with Gasteiger partial charge in [-0.2, -0.15) is 4.31 Å². The van der Waals surface area contributed by atoms with Gasteiger partial charge in [0.15, 0.2) is 0 Å². The van der Waals surface area contributed by atoms with Gasteiger partial charge in [-0.15, -0.1) is 0 Å². The molecule has 25 heavy (non-hydrogen) atoms. The van der Waals surface area contributed by atoms with Crippen LogP contribution in [-0.4, -0.2) is 43.3 Å². The monoisotopic (exact) mass is 365 g/mol. The number of nitrogens with zero attached hydrogens (tertiary/aromatic N) is 1. The third kappa shape index (κ3) is 3.16. The standard InChI is InChI=1S/C17H23N3O4S/c1-3-12(2)13-4-6-14(7-5-13)25(23,24)20-10-8-17(9-11-20)15(21)18-16(22)19-17/h4-7,12H,3,8-11H2,1-2H3,(H2,18,19,21,22). The van der Waals surface area contributed by atoms with Crippen LogP contribution in [0, 0.1) is 0 Å². The van der Waals surface area contributed by atoms with E-state index >= 15 is 0 Å². The van der Waals surface area contributed by atoms with E-state index in [-0.39, 0.29) is 36.7 Å². The van der Waals surface area contributed by atoms with E-state index in [1.165, 1.54) is 4.31 Å². The number of imide groups is 1. The molecule has 1 aromatic rings. The molecule has 2 saturated heterocycles. The Balaban J connectivity index is 1.74. The predicted octanol–water partition coefficient (Wildman–Crippen LogP) is 1.56. The fourth-order valence-electron chi connectivity index (χ4n) is 3.34. The number of carbonyl (C=O) groups excluding carboxylic acids is 2. The van der Waals surface area contributed by atoms with Crippen LogP contribution in [-0.2, 0) is 14.8 Å². The van der Waals surface area contributed by atoms with Crippen molar-refractivity contribution in [3.8, 4) is 0 Å². The Kier molecular flexibility index (Phi) is 4.59. The zero-order valence-electron chi connectivity index (χ0n) is 14.4. The van der Waals surface area contributed by atoms with Crippen molar-refractivity contribution in [2.24, 2.45) is 0 Å². The molecular formula is C17H23N3O4S. The lowest BCUT2D eigenvalue weighted by atomic mass is 9.89. The number of piperidine rings is 1. The first-order chi connectivity index (χ1) is 11.8. The summed E-state index contributed by atoms with van der Waals surface area (Å²) in [5, 5.41) is 4.86. The molecule has 0 bridgehead atoms. The molecule has 0 radical (unpaired) electrons. The second-order valence-electron chi connectivity index (χ2n) is 6.77. The Morgan fingerprint density at radius 3 is 2.24 bits per heavy atom. The third-order valence-electron chi connectivity index (χ3n) is 5.29. The maximum atomic E-state index is 12.8. The van der Waals surface area contributed by atoms with Crippen molar-refractivity contribution in [2.75, 3.05) is 13.1 Å². The highest BCUT2D eigenvalue weighted by Crippen LogP contribution is 2.29. The topological polar surface area (TPSA) is 95.6 Å². The number of rotatable bonds is 4. The Hall–Kier alpha value is -1.93. The van der Waals surface area contributed by atoms with Crippen molar-refractivity contribution in [3.05, 3.63) is 29.8 Å². The van der Waals surface area contributed by atoms with Crippen LogP contribution in [0.3, 0.4) is 0 Å². The lowest BCUT2D eigenvalue weighted by Crippen LogP contribution is -2.55. The number of hydrogen-bond donors (Lipinski definition) is 2. The number of amides is 3. The van der Waals surface area contributed by atoms with Gasteiger partial charge in [-0.3, -0.25) is 10.1 Å². The highest BCUT2D eigenvalue weighted by Gasteiger charge is 2.49. The summed E-state index contributed by atoms with van der Waals surface area (Å²) < 4.78 is 27.0. The average molecular weight is 365 g/mol. The summed E-state index contributed by atoms with van der Waals surface area (Å²) in [5.41, 5.74) is 0.146. The van der Waals surface area contributed by atoms with Gasteiger partial charge in [0.25, 0.3) is 5.91 Å². The number of sulfonamides is 1. The van der Waals surface area contributed by atoms with Crippen molar-refractivity contribution in [2.45, 2.75) is 49.5 Å². The first-order valence-electron chi connectivity index (χ1n) is 8.52. The van der Waals surface area contributed by atoms with Gasteiger partial charge in [0.05, 0.1) is 4.90 Å². The van der Waals surface area contributed by atoms with Crippen LogP contribution in [0.25, 0.3) is 0 Å². The van der Waals surface area contributed by atoms with Crippen molar-refractivity contribution in [3.63, 3.8) is 0 Å². The minimum Gasteiger partial charge on any atom is -0.323 e. The van der Waals surface area contributed by atoms with E-state index in [9.17, 15) is 18.0 Å². The molecule has 136 valence electrons.